The zero-order valence-electron chi connectivity index (χ0n) is 18.5. The van der Waals surface area contributed by atoms with Gasteiger partial charge in [0.2, 0.25) is 11.8 Å². The van der Waals surface area contributed by atoms with E-state index in [2.05, 4.69) is 25.7 Å². The summed E-state index contributed by atoms with van der Waals surface area (Å²) >= 11 is 0. The number of hydrogen-bond acceptors (Lipinski definition) is 6. The summed E-state index contributed by atoms with van der Waals surface area (Å²) in [6.45, 7) is 4.19. The van der Waals surface area contributed by atoms with Gasteiger partial charge < -0.3 is 10.4 Å². The van der Waals surface area contributed by atoms with Gasteiger partial charge in [-0.2, -0.15) is 18.3 Å². The summed E-state index contributed by atoms with van der Waals surface area (Å²) in [4.78, 5) is 8.13. The Morgan fingerprint density at radius 1 is 1.24 bits per heavy atom. The van der Waals surface area contributed by atoms with Crippen LogP contribution in [0.1, 0.15) is 22.6 Å². The standard InChI is InChI=1S/C22H20F3N7O2/c1-13-20(14(2)31(3)29-13)15-7-8-18(26-10-15)11-32-12-19(34-30-32)28-21(33)27-17-6-4-5-16(9-17)22(23,24)25/h4-10,12H,11H2,1-3H3,(H-,27,28,30,33). The third-order valence-corrected chi connectivity index (χ3v) is 5.10. The molecular weight excluding hydrogens is 451 g/mol. The maximum atomic E-state index is 12.8. The minimum atomic E-state index is -4.52. The minimum Gasteiger partial charge on any atom is -0.846 e. The molecule has 0 aliphatic carbocycles. The van der Waals surface area contributed by atoms with Crippen molar-refractivity contribution in [1.29, 1.82) is 0 Å². The molecule has 4 aromatic rings. The zero-order valence-corrected chi connectivity index (χ0v) is 18.5. The molecule has 0 spiro atoms. The lowest BCUT2D eigenvalue weighted by Crippen LogP contribution is -2.35. The van der Waals surface area contributed by atoms with Crippen molar-refractivity contribution in [2.75, 3.05) is 5.32 Å². The van der Waals surface area contributed by atoms with Gasteiger partial charge in [0.05, 0.1) is 17.3 Å². The Hall–Kier alpha value is -4.22. The van der Waals surface area contributed by atoms with Gasteiger partial charge in [-0.3, -0.25) is 14.2 Å². The normalized spacial score (nSPS) is 12.2. The van der Waals surface area contributed by atoms with Gasteiger partial charge in [-0.25, -0.2) is 4.99 Å². The van der Waals surface area contributed by atoms with Crippen molar-refractivity contribution in [3.8, 4) is 11.1 Å². The van der Waals surface area contributed by atoms with E-state index in [0.29, 0.717) is 5.69 Å². The molecule has 0 bridgehead atoms. The summed E-state index contributed by atoms with van der Waals surface area (Å²) < 4.78 is 46.7. The number of halogens is 3. The van der Waals surface area contributed by atoms with E-state index < -0.39 is 17.8 Å². The van der Waals surface area contributed by atoms with Gasteiger partial charge >= 0.3 is 12.1 Å². The Kier molecular flexibility index (Phi) is 6.05. The molecule has 1 aromatic carbocycles. The highest BCUT2D eigenvalue weighted by atomic mass is 19.4. The molecule has 0 atom stereocenters. The summed E-state index contributed by atoms with van der Waals surface area (Å²) in [5.74, 6) is -0.109. The summed E-state index contributed by atoms with van der Waals surface area (Å²) in [5, 5.41) is 22.5. The fourth-order valence-electron chi connectivity index (χ4n) is 3.44. The molecule has 0 amide bonds. The van der Waals surface area contributed by atoms with Crippen LogP contribution in [0.15, 0.2) is 58.3 Å². The molecule has 4 rings (SSSR count). The Labute approximate surface area is 192 Å². The highest BCUT2D eigenvalue weighted by molar-refractivity contribution is 5.87. The molecule has 9 nitrogen and oxygen atoms in total. The van der Waals surface area contributed by atoms with Gasteiger partial charge in [0.15, 0.2) is 0 Å². The number of benzene rings is 1. The maximum Gasteiger partial charge on any atom is 0.416 e. The summed E-state index contributed by atoms with van der Waals surface area (Å²) in [7, 11) is 1.89. The Morgan fingerprint density at radius 3 is 2.68 bits per heavy atom. The molecule has 0 saturated heterocycles. The van der Waals surface area contributed by atoms with Crippen LogP contribution in [-0.4, -0.2) is 26.1 Å². The molecule has 12 heteroatoms. The molecule has 3 heterocycles. The van der Waals surface area contributed by atoms with Crippen LogP contribution in [0.4, 0.5) is 24.7 Å². The monoisotopic (exact) mass is 471 g/mol. The number of alkyl halides is 3. The quantitative estimate of drug-likeness (QED) is 0.272. The average Bonchev–Trinajstić information content (AvgIpc) is 3.31. The van der Waals surface area contributed by atoms with E-state index in [0.717, 1.165) is 34.6 Å². The smallest absolute Gasteiger partial charge is 0.416 e. The van der Waals surface area contributed by atoms with Crippen LogP contribution in [0.2, 0.25) is 0 Å². The number of hydrogen-bond donors (Lipinski definition) is 1. The summed E-state index contributed by atoms with van der Waals surface area (Å²) in [6, 6.07) is 7.13. The van der Waals surface area contributed by atoms with E-state index in [1.54, 1.807) is 6.20 Å². The van der Waals surface area contributed by atoms with E-state index in [9.17, 15) is 18.3 Å². The average molecular weight is 471 g/mol. The van der Waals surface area contributed by atoms with Crippen LogP contribution < -0.4 is 15.1 Å². The van der Waals surface area contributed by atoms with E-state index >= 15 is 0 Å². The second-order valence-corrected chi connectivity index (χ2v) is 7.57. The van der Waals surface area contributed by atoms with Crippen molar-refractivity contribution in [2.24, 2.45) is 12.0 Å². The Morgan fingerprint density at radius 2 is 2.03 bits per heavy atom. The van der Waals surface area contributed by atoms with Gasteiger partial charge in [-0.1, -0.05) is 12.1 Å². The summed E-state index contributed by atoms with van der Waals surface area (Å²) in [5.41, 5.74) is 3.70. The topological polar surface area (TPSA) is 108 Å². The zero-order chi connectivity index (χ0) is 24.5. The molecule has 34 heavy (non-hydrogen) atoms. The van der Waals surface area contributed by atoms with Crippen molar-refractivity contribution in [3.63, 3.8) is 0 Å². The van der Waals surface area contributed by atoms with Crippen molar-refractivity contribution in [1.82, 2.24) is 20.0 Å². The third-order valence-electron chi connectivity index (χ3n) is 5.10. The first-order chi connectivity index (χ1) is 16.1. The first kappa shape index (κ1) is 23.0. The number of pyridine rings is 1. The van der Waals surface area contributed by atoms with Gasteiger partial charge in [0.1, 0.15) is 5.69 Å². The number of nitrogens with one attached hydrogen (secondary N) is 1. The predicted molar refractivity (Wildman–Crippen MR) is 114 cm³/mol. The van der Waals surface area contributed by atoms with E-state index in [4.69, 9.17) is 4.52 Å². The molecule has 0 radical (unpaired) electrons. The fraction of sp³-hybridized carbons (Fsp3) is 0.227. The van der Waals surface area contributed by atoms with Crippen molar-refractivity contribution in [3.05, 3.63) is 71.4 Å². The van der Waals surface area contributed by atoms with Crippen LogP contribution in [-0.2, 0) is 19.8 Å². The maximum absolute atomic E-state index is 12.8. The summed E-state index contributed by atoms with van der Waals surface area (Å²) in [6.07, 6.45) is -1.38. The second-order valence-electron chi connectivity index (χ2n) is 7.57. The Balaban J connectivity index is 1.43. The lowest BCUT2D eigenvalue weighted by Gasteiger charge is -2.14. The number of aliphatic imine (C=N–C) groups is 1. The van der Waals surface area contributed by atoms with Gasteiger partial charge in [-0.05, 0) is 42.8 Å². The number of amidine groups is 1. The van der Waals surface area contributed by atoms with Crippen LogP contribution in [0.5, 0.6) is 0 Å². The molecule has 0 aliphatic rings. The second kappa shape index (κ2) is 8.96. The number of aryl methyl sites for hydroxylation is 2. The SMILES string of the molecule is Cc1nn(C)c(C)c1-c1ccc(C[n+]2cc(N=C([O-])Nc3cccc(C(F)(F)F)c3)on2)nc1. The largest absolute Gasteiger partial charge is 0.846 e. The number of nitrogens with zero attached hydrogens (tertiary/aromatic N) is 6. The first-order valence-electron chi connectivity index (χ1n) is 10.1. The van der Waals surface area contributed by atoms with E-state index in [1.165, 1.54) is 23.0 Å². The molecule has 0 fully saturated rings. The molecule has 1 N–H and O–H groups in total. The van der Waals surface area contributed by atoms with Crippen LogP contribution in [0.25, 0.3) is 11.1 Å². The fourth-order valence-corrected chi connectivity index (χ4v) is 3.44. The molecule has 0 unspecified atom stereocenters. The Bertz CT molecular complexity index is 1340. The molecule has 0 saturated carbocycles. The lowest BCUT2D eigenvalue weighted by molar-refractivity contribution is -0.755. The third kappa shape index (κ3) is 5.05. The van der Waals surface area contributed by atoms with Crippen LogP contribution in [0.3, 0.4) is 0 Å². The van der Waals surface area contributed by atoms with E-state index in [-0.39, 0.29) is 18.1 Å². The molecule has 0 aliphatic heterocycles. The predicted octanol–water partition coefficient (Wildman–Crippen LogP) is 2.90. The van der Waals surface area contributed by atoms with Gasteiger partial charge in [-0.15, -0.1) is 0 Å². The number of anilines is 1. The first-order valence-corrected chi connectivity index (χ1v) is 10.1. The minimum absolute atomic E-state index is 0.0423. The van der Waals surface area contributed by atoms with Crippen LogP contribution in [0, 0.1) is 13.8 Å². The molecule has 3 aromatic heterocycles. The van der Waals surface area contributed by atoms with Crippen molar-refractivity contribution >= 4 is 17.6 Å². The lowest BCUT2D eigenvalue weighted by atomic mass is 10.1. The number of rotatable bonds is 5. The molecule has 176 valence electrons. The highest BCUT2D eigenvalue weighted by Gasteiger charge is 2.30. The van der Waals surface area contributed by atoms with Crippen molar-refractivity contribution in [2.45, 2.75) is 26.6 Å². The number of aromatic nitrogens is 5. The van der Waals surface area contributed by atoms with Gasteiger partial charge in [0, 0.05) is 35.8 Å². The van der Waals surface area contributed by atoms with Crippen LogP contribution >= 0.6 is 0 Å². The molecular formula is C22H20F3N7O2. The van der Waals surface area contributed by atoms with Gasteiger partial charge in [0.25, 0.3) is 6.20 Å². The van der Waals surface area contributed by atoms with Crippen molar-refractivity contribution < 1.29 is 27.5 Å². The highest BCUT2D eigenvalue weighted by Crippen LogP contribution is 2.30. The van der Waals surface area contributed by atoms with E-state index in [1.807, 2.05) is 37.7 Å².